The van der Waals surface area contributed by atoms with Crippen LogP contribution in [0.2, 0.25) is 0 Å². The number of benzene rings is 2. The predicted octanol–water partition coefficient (Wildman–Crippen LogP) is 3.14. The molecule has 2 aliphatic rings. The van der Waals surface area contributed by atoms with Crippen LogP contribution in [0.5, 0.6) is 0 Å². The summed E-state index contributed by atoms with van der Waals surface area (Å²) in [6.45, 7) is 3.09. The Bertz CT molecular complexity index is 1000. The predicted molar refractivity (Wildman–Crippen MR) is 121 cm³/mol. The molecule has 3 amide bonds. The first-order chi connectivity index (χ1) is 15.5. The number of hydrogen-bond acceptors (Lipinski definition) is 4. The van der Waals surface area contributed by atoms with Crippen molar-refractivity contribution in [1.82, 2.24) is 14.7 Å². The van der Waals surface area contributed by atoms with Gasteiger partial charge in [-0.15, -0.1) is 11.8 Å². The summed E-state index contributed by atoms with van der Waals surface area (Å²) in [6.07, 6.45) is 2.10. The maximum atomic E-state index is 14.0. The Morgan fingerprint density at radius 1 is 0.719 bits per heavy atom. The Morgan fingerprint density at radius 3 is 1.88 bits per heavy atom. The molecule has 8 heteroatoms. The number of nitrogens with zero attached hydrogens (tertiary/aromatic N) is 3. The third-order valence-electron chi connectivity index (χ3n) is 5.89. The van der Waals surface area contributed by atoms with E-state index in [1.165, 1.54) is 23.9 Å². The van der Waals surface area contributed by atoms with Crippen molar-refractivity contribution in [2.24, 2.45) is 0 Å². The minimum atomic E-state index is -0.537. The second kappa shape index (κ2) is 10.2. The fourth-order valence-corrected chi connectivity index (χ4v) is 5.00. The molecule has 0 unspecified atom stereocenters. The standard InChI is InChI=1S/C24H26FN3O3S/c25-20-9-3-1-7-18(20)23(30)27-13-15-28(16-14-27)24(31)19-8-2-4-10-21(19)32-17-22(29)26-11-5-6-12-26/h1-4,7-10H,5-6,11-17H2. The minimum absolute atomic E-state index is 0.0525. The van der Waals surface area contributed by atoms with Crippen molar-refractivity contribution in [1.29, 1.82) is 0 Å². The molecule has 0 bridgehead atoms. The summed E-state index contributed by atoms with van der Waals surface area (Å²) in [5, 5.41) is 0. The van der Waals surface area contributed by atoms with Crippen molar-refractivity contribution in [3.63, 3.8) is 0 Å². The van der Waals surface area contributed by atoms with E-state index in [9.17, 15) is 18.8 Å². The highest BCUT2D eigenvalue weighted by Crippen LogP contribution is 2.25. The third kappa shape index (κ3) is 4.96. The highest BCUT2D eigenvalue weighted by Gasteiger charge is 2.28. The zero-order valence-electron chi connectivity index (χ0n) is 17.8. The summed E-state index contributed by atoms with van der Waals surface area (Å²) < 4.78 is 14.0. The van der Waals surface area contributed by atoms with Crippen LogP contribution in [0.25, 0.3) is 0 Å². The van der Waals surface area contributed by atoms with Crippen LogP contribution >= 0.6 is 11.8 Å². The molecule has 6 nitrogen and oxygen atoms in total. The van der Waals surface area contributed by atoms with Gasteiger partial charge in [0.25, 0.3) is 11.8 Å². The number of likely N-dealkylation sites (tertiary alicyclic amines) is 1. The van der Waals surface area contributed by atoms with E-state index in [1.54, 1.807) is 28.0 Å². The molecule has 2 heterocycles. The van der Waals surface area contributed by atoms with Crippen LogP contribution in [0.3, 0.4) is 0 Å². The molecule has 2 saturated heterocycles. The third-order valence-corrected chi connectivity index (χ3v) is 6.94. The van der Waals surface area contributed by atoms with Gasteiger partial charge in [0, 0.05) is 44.2 Å². The number of carbonyl (C=O) groups excluding carboxylic acids is 3. The quantitative estimate of drug-likeness (QED) is 0.650. The van der Waals surface area contributed by atoms with E-state index in [4.69, 9.17) is 0 Å². The Morgan fingerprint density at radius 2 is 1.25 bits per heavy atom. The monoisotopic (exact) mass is 455 g/mol. The molecule has 32 heavy (non-hydrogen) atoms. The van der Waals surface area contributed by atoms with Crippen molar-refractivity contribution in [3.8, 4) is 0 Å². The van der Waals surface area contributed by atoms with Gasteiger partial charge in [-0.1, -0.05) is 24.3 Å². The van der Waals surface area contributed by atoms with Gasteiger partial charge in [0.2, 0.25) is 5.91 Å². The number of hydrogen-bond donors (Lipinski definition) is 0. The molecule has 0 atom stereocenters. The van der Waals surface area contributed by atoms with Gasteiger partial charge in [0.05, 0.1) is 16.9 Å². The maximum Gasteiger partial charge on any atom is 0.256 e. The number of amides is 3. The lowest BCUT2D eigenvalue weighted by molar-refractivity contribution is -0.127. The van der Waals surface area contributed by atoms with Crippen molar-refractivity contribution < 1.29 is 18.8 Å². The fourth-order valence-electron chi connectivity index (χ4n) is 4.05. The second-order valence-corrected chi connectivity index (χ2v) is 8.95. The van der Waals surface area contributed by atoms with Crippen molar-refractivity contribution in [3.05, 3.63) is 65.5 Å². The van der Waals surface area contributed by atoms with Crippen molar-refractivity contribution in [2.45, 2.75) is 17.7 Å². The summed E-state index contributed by atoms with van der Waals surface area (Å²) in [7, 11) is 0. The number of piperazine rings is 1. The normalized spacial score (nSPS) is 16.3. The van der Waals surface area contributed by atoms with E-state index in [0.717, 1.165) is 30.8 Å². The Hall–Kier alpha value is -2.87. The summed E-state index contributed by atoms with van der Waals surface area (Å²) >= 11 is 1.39. The van der Waals surface area contributed by atoms with E-state index in [2.05, 4.69) is 0 Å². The molecule has 0 aliphatic carbocycles. The second-order valence-electron chi connectivity index (χ2n) is 7.94. The molecular formula is C24H26FN3O3S. The van der Waals surface area contributed by atoms with E-state index < -0.39 is 5.82 Å². The molecule has 0 radical (unpaired) electrons. The lowest BCUT2D eigenvalue weighted by Crippen LogP contribution is -2.50. The van der Waals surface area contributed by atoms with Crippen LogP contribution in [0.4, 0.5) is 4.39 Å². The fraction of sp³-hybridized carbons (Fsp3) is 0.375. The first kappa shape index (κ1) is 22.3. The molecule has 0 saturated carbocycles. The van der Waals surface area contributed by atoms with Gasteiger partial charge in [-0.25, -0.2) is 4.39 Å². The van der Waals surface area contributed by atoms with Gasteiger partial charge in [-0.05, 0) is 37.1 Å². The Labute approximate surface area is 191 Å². The van der Waals surface area contributed by atoms with E-state index in [0.29, 0.717) is 37.5 Å². The number of rotatable bonds is 5. The largest absolute Gasteiger partial charge is 0.342 e. The molecule has 4 rings (SSSR count). The van der Waals surface area contributed by atoms with Crippen molar-refractivity contribution in [2.75, 3.05) is 45.0 Å². The van der Waals surface area contributed by atoms with Gasteiger partial charge in [-0.3, -0.25) is 14.4 Å². The average Bonchev–Trinajstić information content (AvgIpc) is 3.37. The molecule has 2 aliphatic heterocycles. The van der Waals surface area contributed by atoms with Crippen LogP contribution in [0.15, 0.2) is 53.4 Å². The van der Waals surface area contributed by atoms with E-state index in [1.807, 2.05) is 23.1 Å². The average molecular weight is 456 g/mol. The van der Waals surface area contributed by atoms with Crippen LogP contribution in [-0.4, -0.2) is 77.4 Å². The zero-order chi connectivity index (χ0) is 22.5. The van der Waals surface area contributed by atoms with Gasteiger partial charge in [-0.2, -0.15) is 0 Å². The Balaban J connectivity index is 1.36. The smallest absolute Gasteiger partial charge is 0.256 e. The molecule has 2 aromatic carbocycles. The van der Waals surface area contributed by atoms with Gasteiger partial charge in [0.1, 0.15) is 5.82 Å². The maximum absolute atomic E-state index is 14.0. The summed E-state index contributed by atoms with van der Waals surface area (Å²) in [5.74, 6) is -0.582. The lowest BCUT2D eigenvalue weighted by atomic mass is 10.1. The number of carbonyl (C=O) groups is 3. The van der Waals surface area contributed by atoms with E-state index >= 15 is 0 Å². The first-order valence-electron chi connectivity index (χ1n) is 10.9. The van der Waals surface area contributed by atoms with Crippen LogP contribution < -0.4 is 0 Å². The summed E-state index contributed by atoms with van der Waals surface area (Å²) in [5.41, 5.74) is 0.622. The SMILES string of the molecule is O=C(CSc1ccccc1C(=O)N1CCN(C(=O)c2ccccc2F)CC1)N1CCCC1. The zero-order valence-corrected chi connectivity index (χ0v) is 18.7. The topological polar surface area (TPSA) is 60.9 Å². The van der Waals surface area contributed by atoms with Crippen LogP contribution in [-0.2, 0) is 4.79 Å². The number of thioether (sulfide) groups is 1. The Kier molecular flexibility index (Phi) is 7.09. The number of halogens is 1. The highest BCUT2D eigenvalue weighted by atomic mass is 32.2. The lowest BCUT2D eigenvalue weighted by Gasteiger charge is -2.35. The molecule has 0 N–H and O–H groups in total. The van der Waals surface area contributed by atoms with Crippen LogP contribution in [0, 0.1) is 5.82 Å². The molecule has 0 aromatic heterocycles. The minimum Gasteiger partial charge on any atom is -0.342 e. The van der Waals surface area contributed by atoms with Gasteiger partial charge in [0.15, 0.2) is 0 Å². The first-order valence-corrected chi connectivity index (χ1v) is 11.9. The highest BCUT2D eigenvalue weighted by molar-refractivity contribution is 8.00. The summed E-state index contributed by atoms with van der Waals surface area (Å²) in [6, 6.07) is 13.3. The van der Waals surface area contributed by atoms with Crippen LogP contribution in [0.1, 0.15) is 33.6 Å². The van der Waals surface area contributed by atoms with E-state index in [-0.39, 0.29) is 23.3 Å². The summed E-state index contributed by atoms with van der Waals surface area (Å²) in [4.78, 5) is 44.1. The molecule has 168 valence electrons. The van der Waals surface area contributed by atoms with Crippen molar-refractivity contribution >= 4 is 29.5 Å². The molecule has 2 aromatic rings. The van der Waals surface area contributed by atoms with Gasteiger partial charge >= 0.3 is 0 Å². The van der Waals surface area contributed by atoms with Gasteiger partial charge < -0.3 is 14.7 Å². The molecule has 2 fully saturated rings. The molecule has 0 spiro atoms. The molecular weight excluding hydrogens is 429 g/mol.